The van der Waals surface area contributed by atoms with E-state index < -0.39 is 11.8 Å². The number of hydrogen-bond acceptors (Lipinski definition) is 7. The molecule has 0 radical (unpaired) electrons. The van der Waals surface area contributed by atoms with Gasteiger partial charge in [0.2, 0.25) is 0 Å². The Morgan fingerprint density at radius 1 is 1.00 bits per heavy atom. The summed E-state index contributed by atoms with van der Waals surface area (Å²) in [5.74, 6) is 0.283. The first-order chi connectivity index (χ1) is 20.3. The Bertz CT molecular complexity index is 1570. The van der Waals surface area contributed by atoms with E-state index in [1.807, 2.05) is 42.7 Å². The molecule has 2 aromatic carbocycles. The smallest absolute Gasteiger partial charge is 0.323 e. The van der Waals surface area contributed by atoms with Gasteiger partial charge in [-0.05, 0) is 69.6 Å². The lowest BCUT2D eigenvalue weighted by Crippen LogP contribution is -2.37. The number of halogens is 1. The Morgan fingerprint density at radius 3 is 2.40 bits per heavy atom. The maximum absolute atomic E-state index is 15.4. The van der Waals surface area contributed by atoms with E-state index in [2.05, 4.69) is 20.9 Å². The largest absolute Gasteiger partial charge is 0.378 e. The van der Waals surface area contributed by atoms with Crippen molar-refractivity contribution in [1.82, 2.24) is 24.8 Å². The van der Waals surface area contributed by atoms with Gasteiger partial charge >= 0.3 is 6.03 Å². The number of nitrogens with one attached hydrogen (secondary N) is 3. The molecular weight excluding hydrogens is 539 g/mol. The number of carbonyl (C=O) groups is 2. The van der Waals surface area contributed by atoms with Crippen molar-refractivity contribution >= 4 is 40.2 Å². The fourth-order valence-corrected chi connectivity index (χ4v) is 4.71. The molecule has 42 heavy (non-hydrogen) atoms. The van der Waals surface area contributed by atoms with Gasteiger partial charge in [-0.15, -0.1) is 0 Å². The van der Waals surface area contributed by atoms with Crippen LogP contribution in [0.4, 0.5) is 26.4 Å². The van der Waals surface area contributed by atoms with Crippen LogP contribution in [0.1, 0.15) is 17.3 Å². The first-order valence-electron chi connectivity index (χ1n) is 13.9. The summed E-state index contributed by atoms with van der Waals surface area (Å²) in [7, 11) is 3.87. The third-order valence-corrected chi connectivity index (χ3v) is 6.97. The number of nitrogens with zero attached hydrogens (tertiary/aromatic N) is 5. The molecule has 1 fully saturated rings. The van der Waals surface area contributed by atoms with Crippen LogP contribution in [0.25, 0.3) is 22.4 Å². The van der Waals surface area contributed by atoms with Gasteiger partial charge in [0.1, 0.15) is 17.3 Å². The Labute approximate surface area is 243 Å². The zero-order valence-electron chi connectivity index (χ0n) is 24.0. The van der Waals surface area contributed by atoms with Gasteiger partial charge in [0.15, 0.2) is 5.82 Å². The van der Waals surface area contributed by atoms with Gasteiger partial charge in [-0.25, -0.2) is 19.2 Å². The summed E-state index contributed by atoms with van der Waals surface area (Å²) in [5.41, 5.74) is 2.23. The van der Waals surface area contributed by atoms with Crippen molar-refractivity contribution < 1.29 is 18.7 Å². The first-order valence-corrected chi connectivity index (χ1v) is 13.9. The third-order valence-electron chi connectivity index (χ3n) is 6.97. The molecule has 0 spiro atoms. The van der Waals surface area contributed by atoms with E-state index in [0.29, 0.717) is 44.1 Å². The zero-order valence-corrected chi connectivity index (χ0v) is 24.0. The van der Waals surface area contributed by atoms with Gasteiger partial charge in [-0.1, -0.05) is 0 Å². The molecule has 4 aromatic rings. The summed E-state index contributed by atoms with van der Waals surface area (Å²) in [4.78, 5) is 38.5. The standard InChI is InChI=1S/C30H35FN8O3/c1-4-38-13-11-24-27(38)35-26(36-28(24)39-15-17-42-18-16-39)23-10-9-22(19-25(23)31)34-30(41)33-21-7-5-20(6-8-21)29(40)32-12-14-37(2)3/h5-11,13,19H,4,12,14-18H2,1-3H3,(H,32,40)(H2,33,34,41). The molecule has 3 amide bonds. The number of benzene rings is 2. The highest BCUT2D eigenvalue weighted by atomic mass is 19.1. The molecular formula is C30H35FN8O3. The second-order valence-electron chi connectivity index (χ2n) is 10.2. The van der Waals surface area contributed by atoms with Crippen molar-refractivity contribution in [2.75, 3.05) is 69.0 Å². The monoisotopic (exact) mass is 574 g/mol. The van der Waals surface area contributed by atoms with Crippen molar-refractivity contribution in [2.24, 2.45) is 0 Å². The van der Waals surface area contributed by atoms with Crippen LogP contribution in [0.2, 0.25) is 0 Å². The quantitative estimate of drug-likeness (QED) is 0.276. The molecule has 1 aliphatic rings. The molecule has 1 saturated heterocycles. The second-order valence-corrected chi connectivity index (χ2v) is 10.2. The Hall–Kier alpha value is -4.55. The number of likely N-dealkylation sites (N-methyl/N-ethyl adjacent to an activating group) is 1. The van der Waals surface area contributed by atoms with E-state index in [4.69, 9.17) is 14.7 Å². The minimum absolute atomic E-state index is 0.188. The lowest BCUT2D eigenvalue weighted by atomic mass is 10.1. The molecule has 3 heterocycles. The number of amides is 3. The summed E-state index contributed by atoms with van der Waals surface area (Å²) in [6.45, 7) is 6.59. The van der Waals surface area contributed by atoms with Gasteiger partial charge in [0, 0.05) is 55.9 Å². The maximum Gasteiger partial charge on any atom is 0.323 e. The lowest BCUT2D eigenvalue weighted by molar-refractivity contribution is 0.0951. The van der Waals surface area contributed by atoms with Gasteiger partial charge in [-0.3, -0.25) is 4.79 Å². The van der Waals surface area contributed by atoms with Gasteiger partial charge < -0.3 is 35.1 Å². The topological polar surface area (TPSA) is 117 Å². The predicted octanol–water partition coefficient (Wildman–Crippen LogP) is 4.03. The van der Waals surface area contributed by atoms with Crippen molar-refractivity contribution in [3.8, 4) is 11.4 Å². The number of hydrogen-bond donors (Lipinski definition) is 3. The Balaban J connectivity index is 1.28. The number of morpholine rings is 1. The zero-order chi connectivity index (χ0) is 29.6. The fraction of sp³-hybridized carbons (Fsp3) is 0.333. The molecule has 2 aromatic heterocycles. The molecule has 0 unspecified atom stereocenters. The fourth-order valence-electron chi connectivity index (χ4n) is 4.71. The SMILES string of the molecule is CCn1ccc2c(N3CCOCC3)nc(-c3ccc(NC(=O)Nc4ccc(C(=O)NCCN(C)C)cc4)cc3F)nc21. The molecule has 220 valence electrons. The van der Waals surface area contributed by atoms with Crippen LogP contribution in [0.5, 0.6) is 0 Å². The molecule has 0 bridgehead atoms. The molecule has 3 N–H and O–H groups in total. The van der Waals surface area contributed by atoms with Crippen molar-refractivity contribution in [1.29, 1.82) is 0 Å². The van der Waals surface area contributed by atoms with E-state index in [1.54, 1.807) is 36.4 Å². The highest BCUT2D eigenvalue weighted by molar-refractivity contribution is 6.00. The predicted molar refractivity (Wildman–Crippen MR) is 162 cm³/mol. The van der Waals surface area contributed by atoms with Crippen molar-refractivity contribution in [2.45, 2.75) is 13.5 Å². The average molecular weight is 575 g/mol. The van der Waals surface area contributed by atoms with Gasteiger partial charge in [0.25, 0.3) is 5.91 Å². The molecule has 0 aliphatic carbocycles. The van der Waals surface area contributed by atoms with Crippen LogP contribution in [0.3, 0.4) is 0 Å². The number of aryl methyl sites for hydroxylation is 1. The van der Waals surface area contributed by atoms with Crippen molar-refractivity contribution in [3.63, 3.8) is 0 Å². The summed E-state index contributed by atoms with van der Waals surface area (Å²) < 4.78 is 22.9. The van der Waals surface area contributed by atoms with Crippen LogP contribution in [-0.4, -0.2) is 84.9 Å². The molecule has 1 aliphatic heterocycles. The summed E-state index contributed by atoms with van der Waals surface area (Å²) in [5, 5.41) is 9.11. The normalized spacial score (nSPS) is 13.4. The molecule has 11 nitrogen and oxygen atoms in total. The van der Waals surface area contributed by atoms with Crippen LogP contribution >= 0.6 is 0 Å². The van der Waals surface area contributed by atoms with Gasteiger partial charge in [-0.2, -0.15) is 0 Å². The maximum atomic E-state index is 15.4. The number of carbonyl (C=O) groups excluding carboxylic acids is 2. The van der Waals surface area contributed by atoms with E-state index in [9.17, 15) is 9.59 Å². The first kappa shape index (κ1) is 29.0. The molecule has 0 saturated carbocycles. The highest BCUT2D eigenvalue weighted by Gasteiger charge is 2.21. The number of anilines is 3. The summed E-state index contributed by atoms with van der Waals surface area (Å²) in [6.07, 6.45) is 1.96. The lowest BCUT2D eigenvalue weighted by Gasteiger charge is -2.28. The van der Waals surface area contributed by atoms with Crippen LogP contribution in [-0.2, 0) is 11.3 Å². The summed E-state index contributed by atoms with van der Waals surface area (Å²) in [6, 6.07) is 12.4. The number of rotatable bonds is 9. The number of aromatic nitrogens is 3. The average Bonchev–Trinajstić information content (AvgIpc) is 3.40. The van der Waals surface area contributed by atoms with E-state index >= 15 is 4.39 Å². The minimum atomic E-state index is -0.556. The number of fused-ring (bicyclic) bond motifs is 1. The summed E-state index contributed by atoms with van der Waals surface area (Å²) >= 11 is 0. The van der Waals surface area contributed by atoms with Crippen molar-refractivity contribution in [3.05, 3.63) is 66.1 Å². The highest BCUT2D eigenvalue weighted by Crippen LogP contribution is 2.31. The Kier molecular flexibility index (Phi) is 8.94. The number of ether oxygens (including phenoxy) is 1. The Morgan fingerprint density at radius 2 is 1.71 bits per heavy atom. The van der Waals surface area contributed by atoms with Crippen LogP contribution < -0.4 is 20.9 Å². The number of urea groups is 1. The third kappa shape index (κ3) is 6.67. The van der Waals surface area contributed by atoms with Gasteiger partial charge in [0.05, 0.1) is 24.2 Å². The van der Waals surface area contributed by atoms with E-state index in [-0.39, 0.29) is 23.0 Å². The molecule has 5 rings (SSSR count). The van der Waals surface area contributed by atoms with E-state index in [1.165, 1.54) is 6.07 Å². The second kappa shape index (κ2) is 13.0. The minimum Gasteiger partial charge on any atom is -0.378 e. The van der Waals surface area contributed by atoms with Crippen LogP contribution in [0.15, 0.2) is 54.7 Å². The molecule has 0 atom stereocenters. The van der Waals surface area contributed by atoms with E-state index in [0.717, 1.165) is 29.9 Å². The molecule has 12 heteroatoms. The van der Waals surface area contributed by atoms with Crippen LogP contribution in [0, 0.1) is 5.82 Å².